The first-order chi connectivity index (χ1) is 7.41. The molecule has 0 unspecified atom stereocenters. The van der Waals surface area contributed by atoms with Crippen molar-refractivity contribution < 1.29 is 4.79 Å². The van der Waals surface area contributed by atoms with Crippen LogP contribution in [0.5, 0.6) is 0 Å². The molecule has 88 valence electrons. The van der Waals surface area contributed by atoms with E-state index in [-0.39, 0.29) is 11.6 Å². The highest BCUT2D eigenvalue weighted by Gasteiger charge is 2.21. The Morgan fingerprint density at radius 3 is 2.44 bits per heavy atom. The van der Waals surface area contributed by atoms with Crippen LogP contribution in [0.4, 0.5) is 4.79 Å². The zero-order valence-electron chi connectivity index (χ0n) is 10.3. The van der Waals surface area contributed by atoms with Gasteiger partial charge in [-0.3, -0.25) is 4.98 Å². The van der Waals surface area contributed by atoms with Crippen LogP contribution in [0.25, 0.3) is 0 Å². The average molecular weight is 221 g/mol. The van der Waals surface area contributed by atoms with Gasteiger partial charge in [-0.1, -0.05) is 0 Å². The first-order valence-corrected chi connectivity index (χ1v) is 5.32. The van der Waals surface area contributed by atoms with Crippen LogP contribution in [0.2, 0.25) is 0 Å². The fourth-order valence-corrected chi connectivity index (χ4v) is 1.10. The molecule has 0 radical (unpaired) electrons. The van der Waals surface area contributed by atoms with Crippen molar-refractivity contribution in [1.29, 1.82) is 0 Å². The van der Waals surface area contributed by atoms with Gasteiger partial charge in [-0.2, -0.15) is 0 Å². The molecule has 1 rings (SSSR count). The number of hydrogen-bond acceptors (Lipinski definition) is 2. The molecule has 0 aromatic carbocycles. The summed E-state index contributed by atoms with van der Waals surface area (Å²) in [7, 11) is 1.79. The molecule has 0 saturated heterocycles. The van der Waals surface area contributed by atoms with Gasteiger partial charge in [0.05, 0.1) is 0 Å². The second-order valence-electron chi connectivity index (χ2n) is 4.74. The minimum atomic E-state index is -0.164. The monoisotopic (exact) mass is 221 g/mol. The van der Waals surface area contributed by atoms with Gasteiger partial charge in [0.25, 0.3) is 0 Å². The first kappa shape index (κ1) is 12.5. The Morgan fingerprint density at radius 2 is 1.94 bits per heavy atom. The molecule has 1 aromatic rings. The van der Waals surface area contributed by atoms with Gasteiger partial charge in [0.1, 0.15) is 0 Å². The Labute approximate surface area is 96.7 Å². The summed E-state index contributed by atoms with van der Waals surface area (Å²) >= 11 is 0. The maximum Gasteiger partial charge on any atom is 0.317 e. The summed E-state index contributed by atoms with van der Waals surface area (Å²) in [5.41, 5.74) is 0.883. The van der Waals surface area contributed by atoms with Crippen molar-refractivity contribution in [3.8, 4) is 0 Å². The molecule has 0 atom stereocenters. The predicted octanol–water partition coefficient (Wildman–Crippen LogP) is 2.02. The summed E-state index contributed by atoms with van der Waals surface area (Å²) in [5.74, 6) is 0. The fraction of sp³-hybridized carbons (Fsp3) is 0.500. The number of pyridine rings is 1. The van der Waals surface area contributed by atoms with Crippen molar-refractivity contribution >= 4 is 6.03 Å². The summed E-state index contributed by atoms with van der Waals surface area (Å²) < 4.78 is 0. The molecule has 16 heavy (non-hydrogen) atoms. The van der Waals surface area contributed by atoms with E-state index in [2.05, 4.69) is 10.3 Å². The topological polar surface area (TPSA) is 45.2 Å². The number of carbonyl (C=O) groups excluding carboxylic acids is 1. The van der Waals surface area contributed by atoms with Gasteiger partial charge in [0.15, 0.2) is 0 Å². The van der Waals surface area contributed by atoms with Crippen LogP contribution < -0.4 is 5.32 Å². The van der Waals surface area contributed by atoms with Crippen LogP contribution in [-0.4, -0.2) is 28.5 Å². The van der Waals surface area contributed by atoms with Crippen molar-refractivity contribution in [2.75, 3.05) is 7.05 Å². The van der Waals surface area contributed by atoms with Crippen LogP contribution in [0, 0.1) is 0 Å². The summed E-state index contributed by atoms with van der Waals surface area (Å²) in [5, 5.41) is 2.86. The lowest BCUT2D eigenvalue weighted by Gasteiger charge is -2.31. The minimum absolute atomic E-state index is 0.0655. The number of aromatic nitrogens is 1. The van der Waals surface area contributed by atoms with Crippen LogP contribution in [0.15, 0.2) is 24.5 Å². The van der Waals surface area contributed by atoms with E-state index in [1.165, 1.54) is 0 Å². The maximum absolute atomic E-state index is 11.8. The zero-order valence-corrected chi connectivity index (χ0v) is 10.3. The van der Waals surface area contributed by atoms with Crippen molar-refractivity contribution in [2.45, 2.75) is 32.9 Å². The minimum Gasteiger partial charge on any atom is -0.334 e. The molecule has 0 fully saturated rings. The lowest BCUT2D eigenvalue weighted by atomic mass is 10.1. The van der Waals surface area contributed by atoms with E-state index < -0.39 is 0 Å². The highest BCUT2D eigenvalue weighted by atomic mass is 16.2. The highest BCUT2D eigenvalue weighted by molar-refractivity contribution is 5.74. The smallest absolute Gasteiger partial charge is 0.317 e. The Hall–Kier alpha value is -1.58. The molecule has 1 heterocycles. The Kier molecular flexibility index (Phi) is 3.88. The normalized spacial score (nSPS) is 11.0. The molecule has 0 aliphatic heterocycles. The standard InChI is InChI=1S/C12H19N3O/c1-12(2,3)15(4)11(16)14-9-10-5-7-13-8-6-10/h5-8H,9H2,1-4H3,(H,14,16). The second-order valence-corrected chi connectivity index (χ2v) is 4.74. The van der Waals surface area contributed by atoms with Crippen molar-refractivity contribution in [3.63, 3.8) is 0 Å². The van der Waals surface area contributed by atoms with Crippen LogP contribution in [0.1, 0.15) is 26.3 Å². The van der Waals surface area contributed by atoms with Gasteiger partial charge < -0.3 is 10.2 Å². The summed E-state index contributed by atoms with van der Waals surface area (Å²) in [6.45, 7) is 6.53. The number of hydrogen-bond donors (Lipinski definition) is 1. The summed E-state index contributed by atoms with van der Waals surface area (Å²) in [6.07, 6.45) is 3.43. The molecule has 0 spiro atoms. The number of urea groups is 1. The number of nitrogens with one attached hydrogen (secondary N) is 1. The molecular formula is C12H19N3O. The van der Waals surface area contributed by atoms with Gasteiger partial charge in [-0.15, -0.1) is 0 Å². The van der Waals surface area contributed by atoms with Gasteiger partial charge in [0, 0.05) is 31.5 Å². The maximum atomic E-state index is 11.8. The summed E-state index contributed by atoms with van der Waals surface area (Å²) in [4.78, 5) is 17.4. The van der Waals surface area contributed by atoms with Crippen molar-refractivity contribution in [2.24, 2.45) is 0 Å². The zero-order chi connectivity index (χ0) is 12.2. The van der Waals surface area contributed by atoms with E-state index >= 15 is 0 Å². The molecule has 1 N–H and O–H groups in total. The second kappa shape index (κ2) is 4.96. The van der Waals surface area contributed by atoms with Gasteiger partial charge in [0.2, 0.25) is 0 Å². The average Bonchev–Trinajstić information content (AvgIpc) is 2.25. The van der Waals surface area contributed by atoms with Gasteiger partial charge in [-0.05, 0) is 38.5 Å². The Bertz CT molecular complexity index is 343. The third-order valence-corrected chi connectivity index (χ3v) is 2.50. The van der Waals surface area contributed by atoms with Gasteiger partial charge >= 0.3 is 6.03 Å². The van der Waals surface area contributed by atoms with E-state index in [4.69, 9.17) is 0 Å². The van der Waals surface area contributed by atoms with Crippen LogP contribution in [0.3, 0.4) is 0 Å². The lowest BCUT2D eigenvalue weighted by molar-refractivity contribution is 0.165. The largest absolute Gasteiger partial charge is 0.334 e. The quantitative estimate of drug-likeness (QED) is 0.830. The SMILES string of the molecule is CN(C(=O)NCc1ccncc1)C(C)(C)C. The number of rotatable bonds is 2. The molecule has 0 aliphatic rings. The van der Waals surface area contributed by atoms with Gasteiger partial charge in [-0.25, -0.2) is 4.79 Å². The predicted molar refractivity (Wildman–Crippen MR) is 64.0 cm³/mol. The lowest BCUT2D eigenvalue weighted by Crippen LogP contribution is -2.47. The van der Waals surface area contributed by atoms with E-state index in [1.807, 2.05) is 32.9 Å². The molecule has 4 nitrogen and oxygen atoms in total. The molecule has 0 saturated carbocycles. The molecule has 0 bridgehead atoms. The molecule has 2 amide bonds. The van der Waals surface area contributed by atoms with Crippen molar-refractivity contribution in [3.05, 3.63) is 30.1 Å². The molecule has 1 aromatic heterocycles. The van der Waals surface area contributed by atoms with Crippen molar-refractivity contribution in [1.82, 2.24) is 15.2 Å². The van der Waals surface area contributed by atoms with E-state index in [1.54, 1.807) is 24.3 Å². The highest BCUT2D eigenvalue weighted by Crippen LogP contribution is 2.10. The first-order valence-electron chi connectivity index (χ1n) is 5.32. The fourth-order valence-electron chi connectivity index (χ4n) is 1.10. The number of nitrogens with zero attached hydrogens (tertiary/aromatic N) is 2. The Morgan fingerprint density at radius 1 is 1.38 bits per heavy atom. The van der Waals surface area contributed by atoms with E-state index in [9.17, 15) is 4.79 Å². The van der Waals surface area contributed by atoms with E-state index in [0.717, 1.165) is 5.56 Å². The van der Waals surface area contributed by atoms with Crippen LogP contribution in [-0.2, 0) is 6.54 Å². The van der Waals surface area contributed by atoms with Crippen LogP contribution >= 0.6 is 0 Å². The molecule has 0 aliphatic carbocycles. The van der Waals surface area contributed by atoms with E-state index in [0.29, 0.717) is 6.54 Å². The number of carbonyl (C=O) groups is 1. The molecule has 4 heteroatoms. The third-order valence-electron chi connectivity index (χ3n) is 2.50. The third kappa shape index (κ3) is 3.53. The summed E-state index contributed by atoms with van der Waals surface area (Å²) in [6, 6.07) is 3.71. The molecular weight excluding hydrogens is 202 g/mol. The number of amides is 2. The Balaban J connectivity index is 2.48.